The van der Waals surface area contributed by atoms with Gasteiger partial charge in [0.05, 0.1) is 22.1 Å². The molecule has 2 heterocycles. The number of rotatable bonds is 3. The topological polar surface area (TPSA) is 55.9 Å². The molecule has 0 amide bonds. The summed E-state index contributed by atoms with van der Waals surface area (Å²) >= 11 is 9.57. The Kier molecular flexibility index (Phi) is 3.79. The molecule has 0 aromatic carbocycles. The van der Waals surface area contributed by atoms with Gasteiger partial charge in [-0.05, 0) is 29.8 Å². The van der Waals surface area contributed by atoms with Crippen LogP contribution in [0.1, 0.15) is 30.0 Å². The van der Waals surface area contributed by atoms with E-state index in [2.05, 4.69) is 26.1 Å². The van der Waals surface area contributed by atoms with Crippen LogP contribution in [0.3, 0.4) is 0 Å². The zero-order valence-electron chi connectivity index (χ0n) is 10.4. The highest BCUT2D eigenvalue weighted by molar-refractivity contribution is 9.10. The molecule has 0 aliphatic heterocycles. The lowest BCUT2D eigenvalue weighted by Gasteiger charge is -2.13. The quantitative estimate of drug-likeness (QED) is 0.938. The standard InChI is InChI=1S/C11H14BrClN4O/c1-4-17-9(7(12)5-14-17)10(18)8-6(2)15-16(3)11(8)13/h5,10,18H,4H2,1-3H3. The number of aromatic nitrogens is 4. The van der Waals surface area contributed by atoms with Gasteiger partial charge in [-0.25, -0.2) is 0 Å². The number of hydrogen-bond acceptors (Lipinski definition) is 3. The molecule has 1 N–H and O–H groups in total. The van der Waals surface area contributed by atoms with Crippen molar-refractivity contribution in [2.24, 2.45) is 7.05 Å². The van der Waals surface area contributed by atoms with E-state index in [1.54, 1.807) is 22.6 Å². The predicted octanol–water partition coefficient (Wildman–Crippen LogP) is 2.44. The van der Waals surface area contributed by atoms with Gasteiger partial charge in [0.15, 0.2) is 0 Å². The van der Waals surface area contributed by atoms with Crippen molar-refractivity contribution < 1.29 is 5.11 Å². The van der Waals surface area contributed by atoms with Crippen LogP contribution in [0, 0.1) is 6.92 Å². The molecule has 2 aromatic rings. The molecule has 0 fully saturated rings. The summed E-state index contributed by atoms with van der Waals surface area (Å²) in [6.07, 6.45) is 0.824. The molecule has 5 nitrogen and oxygen atoms in total. The van der Waals surface area contributed by atoms with E-state index >= 15 is 0 Å². The Morgan fingerprint density at radius 1 is 1.56 bits per heavy atom. The molecule has 1 atom stereocenters. The summed E-state index contributed by atoms with van der Waals surface area (Å²) in [5.74, 6) is 0. The minimum atomic E-state index is -0.844. The average molecular weight is 334 g/mol. The van der Waals surface area contributed by atoms with E-state index in [0.29, 0.717) is 28.6 Å². The van der Waals surface area contributed by atoms with E-state index in [9.17, 15) is 5.11 Å². The van der Waals surface area contributed by atoms with Gasteiger partial charge in [0.1, 0.15) is 11.3 Å². The van der Waals surface area contributed by atoms with Gasteiger partial charge in [-0.1, -0.05) is 11.6 Å². The zero-order chi connectivity index (χ0) is 13.4. The molecule has 7 heteroatoms. The third kappa shape index (κ3) is 2.08. The summed E-state index contributed by atoms with van der Waals surface area (Å²) in [6.45, 7) is 4.47. The highest BCUT2D eigenvalue weighted by Crippen LogP contribution is 2.34. The Balaban J connectivity index is 2.54. The molecule has 18 heavy (non-hydrogen) atoms. The SMILES string of the molecule is CCn1ncc(Br)c1C(O)c1c(C)nn(C)c1Cl. The zero-order valence-corrected chi connectivity index (χ0v) is 12.7. The van der Waals surface area contributed by atoms with Gasteiger partial charge >= 0.3 is 0 Å². The van der Waals surface area contributed by atoms with Crippen molar-refractivity contribution in [2.45, 2.75) is 26.5 Å². The van der Waals surface area contributed by atoms with Crippen molar-refractivity contribution in [1.29, 1.82) is 0 Å². The second-order valence-corrected chi connectivity index (χ2v) is 5.22. The molecule has 0 bridgehead atoms. The molecule has 0 saturated heterocycles. The molecule has 0 radical (unpaired) electrons. The fourth-order valence-corrected chi connectivity index (χ4v) is 2.78. The Bertz CT molecular complexity index is 578. The molecule has 2 aromatic heterocycles. The van der Waals surface area contributed by atoms with Crippen molar-refractivity contribution in [3.05, 3.63) is 32.8 Å². The van der Waals surface area contributed by atoms with E-state index in [0.717, 1.165) is 4.47 Å². The fraction of sp³-hybridized carbons (Fsp3) is 0.455. The third-order valence-electron chi connectivity index (χ3n) is 2.86. The first-order valence-electron chi connectivity index (χ1n) is 5.55. The lowest BCUT2D eigenvalue weighted by molar-refractivity contribution is 0.206. The maximum absolute atomic E-state index is 10.5. The van der Waals surface area contributed by atoms with Crippen molar-refractivity contribution in [2.75, 3.05) is 0 Å². The van der Waals surface area contributed by atoms with Crippen LogP contribution in [-0.4, -0.2) is 24.7 Å². The van der Waals surface area contributed by atoms with Crippen molar-refractivity contribution in [1.82, 2.24) is 19.6 Å². The van der Waals surface area contributed by atoms with Crippen LogP contribution in [0.2, 0.25) is 5.15 Å². The first-order valence-corrected chi connectivity index (χ1v) is 6.72. The third-order valence-corrected chi connectivity index (χ3v) is 3.92. The molecule has 0 saturated carbocycles. The van der Waals surface area contributed by atoms with Gasteiger partial charge in [-0.3, -0.25) is 9.36 Å². The number of halogens is 2. The van der Waals surface area contributed by atoms with E-state index in [1.165, 1.54) is 0 Å². The minimum Gasteiger partial charge on any atom is -0.382 e. The first kappa shape index (κ1) is 13.6. The summed E-state index contributed by atoms with van der Waals surface area (Å²) < 4.78 is 4.05. The maximum Gasteiger partial charge on any atom is 0.133 e. The van der Waals surface area contributed by atoms with Crippen LogP contribution >= 0.6 is 27.5 Å². The van der Waals surface area contributed by atoms with Crippen LogP contribution in [0.5, 0.6) is 0 Å². The van der Waals surface area contributed by atoms with Gasteiger partial charge in [-0.2, -0.15) is 10.2 Å². The smallest absolute Gasteiger partial charge is 0.133 e. The van der Waals surface area contributed by atoms with Gasteiger partial charge in [-0.15, -0.1) is 0 Å². The Labute approximate surface area is 118 Å². The van der Waals surface area contributed by atoms with Crippen molar-refractivity contribution in [3.63, 3.8) is 0 Å². The molecular weight excluding hydrogens is 320 g/mol. The summed E-state index contributed by atoms with van der Waals surface area (Å²) in [4.78, 5) is 0. The largest absolute Gasteiger partial charge is 0.382 e. The predicted molar refractivity (Wildman–Crippen MR) is 72.6 cm³/mol. The van der Waals surface area contributed by atoms with Crippen LogP contribution < -0.4 is 0 Å². The van der Waals surface area contributed by atoms with Crippen LogP contribution in [0.4, 0.5) is 0 Å². The normalized spacial score (nSPS) is 13.0. The lowest BCUT2D eigenvalue weighted by atomic mass is 10.1. The molecule has 0 spiro atoms. The highest BCUT2D eigenvalue weighted by atomic mass is 79.9. The average Bonchev–Trinajstić information content (AvgIpc) is 2.80. The Morgan fingerprint density at radius 3 is 2.72 bits per heavy atom. The molecule has 98 valence electrons. The minimum absolute atomic E-state index is 0.441. The molecule has 2 rings (SSSR count). The second-order valence-electron chi connectivity index (χ2n) is 4.01. The first-order chi connectivity index (χ1) is 8.47. The number of aryl methyl sites for hydroxylation is 3. The summed E-state index contributed by atoms with van der Waals surface area (Å²) in [6, 6.07) is 0. The fourth-order valence-electron chi connectivity index (χ4n) is 1.99. The Morgan fingerprint density at radius 2 is 2.22 bits per heavy atom. The van der Waals surface area contributed by atoms with Gasteiger partial charge in [0.25, 0.3) is 0 Å². The number of aliphatic hydroxyl groups is 1. The maximum atomic E-state index is 10.5. The summed E-state index contributed by atoms with van der Waals surface area (Å²) in [5.41, 5.74) is 2.02. The van der Waals surface area contributed by atoms with Gasteiger partial charge < -0.3 is 5.11 Å². The molecule has 1 unspecified atom stereocenters. The van der Waals surface area contributed by atoms with Crippen molar-refractivity contribution >= 4 is 27.5 Å². The van der Waals surface area contributed by atoms with E-state index < -0.39 is 6.10 Å². The van der Waals surface area contributed by atoms with E-state index in [4.69, 9.17) is 11.6 Å². The van der Waals surface area contributed by atoms with Crippen molar-refractivity contribution in [3.8, 4) is 0 Å². The molecule has 0 aliphatic carbocycles. The van der Waals surface area contributed by atoms with E-state index in [-0.39, 0.29) is 0 Å². The van der Waals surface area contributed by atoms with E-state index in [1.807, 2.05) is 13.8 Å². The summed E-state index contributed by atoms with van der Waals surface area (Å²) in [7, 11) is 1.75. The summed E-state index contributed by atoms with van der Waals surface area (Å²) in [5, 5.41) is 19.4. The monoisotopic (exact) mass is 332 g/mol. The number of nitrogens with zero attached hydrogens (tertiary/aromatic N) is 4. The van der Waals surface area contributed by atoms with Crippen LogP contribution in [0.15, 0.2) is 10.7 Å². The second kappa shape index (κ2) is 5.03. The number of aliphatic hydroxyl groups excluding tert-OH is 1. The molecule has 0 aliphatic rings. The van der Waals surface area contributed by atoms with Crippen LogP contribution in [-0.2, 0) is 13.6 Å². The van der Waals surface area contributed by atoms with Gasteiger partial charge in [0, 0.05) is 19.2 Å². The van der Waals surface area contributed by atoms with Crippen LogP contribution in [0.25, 0.3) is 0 Å². The van der Waals surface area contributed by atoms with Gasteiger partial charge in [0.2, 0.25) is 0 Å². The molecular formula is C11H14BrClN4O. The lowest BCUT2D eigenvalue weighted by Crippen LogP contribution is -2.10. The highest BCUT2D eigenvalue weighted by Gasteiger charge is 2.25. The Hall–Kier alpha value is -0.850. The number of hydrogen-bond donors (Lipinski definition) is 1.